The quantitative estimate of drug-likeness (QED) is 0.505. The number of nitrogens with one attached hydrogen (secondary N) is 2. The third-order valence-electron chi connectivity index (χ3n) is 6.01. The van der Waals surface area contributed by atoms with Gasteiger partial charge in [0.25, 0.3) is 5.91 Å². The first-order valence-corrected chi connectivity index (χ1v) is 11.9. The highest BCUT2D eigenvalue weighted by Crippen LogP contribution is 2.42. The van der Waals surface area contributed by atoms with Crippen molar-refractivity contribution in [3.8, 4) is 5.75 Å². The van der Waals surface area contributed by atoms with Crippen LogP contribution in [0.3, 0.4) is 0 Å². The summed E-state index contributed by atoms with van der Waals surface area (Å²) in [6.45, 7) is 7.04. The monoisotopic (exact) mass is 482 g/mol. The van der Waals surface area contributed by atoms with E-state index in [9.17, 15) is 14.7 Å². The van der Waals surface area contributed by atoms with Gasteiger partial charge in [-0.25, -0.2) is 14.8 Å². The number of anilines is 4. The molecule has 3 N–H and O–H groups in total. The molecule has 0 radical (unpaired) electrons. The second kappa shape index (κ2) is 8.01. The van der Waals surface area contributed by atoms with Gasteiger partial charge in [0.05, 0.1) is 23.6 Å². The Kier molecular flexibility index (Phi) is 5.23. The molecule has 2 aliphatic rings. The summed E-state index contributed by atoms with van der Waals surface area (Å²) in [7, 11) is 1.70. The lowest BCUT2D eigenvalue weighted by molar-refractivity contribution is 0.0679. The number of thiazole rings is 1. The number of carboxylic acid groups (broad SMARTS) is 1. The number of nitrogens with zero attached hydrogens (tertiary/aromatic N) is 4. The standard InChI is InChI=1S/C23H26N6O4S/c1-5-14-18(26-19(21(31)32)28(14)4)24-12-6-7-16-15(10-12)29(8-9-33-16)22-25-13-11-23(2,3)27-20(30)17(13)34-22/h6-7,10,24H,5,8-9,11H2,1-4H3,(H,27,30)(H,31,32). The molecule has 3 aromatic rings. The second-order valence-electron chi connectivity index (χ2n) is 9.04. The maximum absolute atomic E-state index is 12.6. The molecule has 2 aromatic heterocycles. The van der Waals surface area contributed by atoms with Crippen LogP contribution in [0.4, 0.5) is 22.3 Å². The minimum Gasteiger partial charge on any atom is -0.490 e. The number of carbonyl (C=O) groups is 2. The largest absolute Gasteiger partial charge is 0.490 e. The zero-order valence-electron chi connectivity index (χ0n) is 19.4. The van der Waals surface area contributed by atoms with E-state index < -0.39 is 5.97 Å². The van der Waals surface area contributed by atoms with Gasteiger partial charge in [0.15, 0.2) is 10.9 Å². The molecule has 0 atom stereocenters. The van der Waals surface area contributed by atoms with Gasteiger partial charge >= 0.3 is 5.97 Å². The van der Waals surface area contributed by atoms with Crippen molar-refractivity contribution in [1.29, 1.82) is 0 Å². The molecule has 5 rings (SSSR count). The molecule has 0 spiro atoms. The number of carbonyl (C=O) groups excluding carboxylic acids is 1. The fourth-order valence-electron chi connectivity index (χ4n) is 4.44. The second-order valence-corrected chi connectivity index (χ2v) is 10.0. The molecule has 0 saturated carbocycles. The summed E-state index contributed by atoms with van der Waals surface area (Å²) in [5.74, 6) is 0.0504. The zero-order chi connectivity index (χ0) is 24.2. The number of hydrogen-bond acceptors (Lipinski definition) is 8. The van der Waals surface area contributed by atoms with Gasteiger partial charge < -0.3 is 29.9 Å². The van der Waals surface area contributed by atoms with Crippen LogP contribution in [-0.4, -0.2) is 50.2 Å². The summed E-state index contributed by atoms with van der Waals surface area (Å²) >= 11 is 1.38. The number of aromatic nitrogens is 3. The lowest BCUT2D eigenvalue weighted by atomic mass is 9.94. The fraction of sp³-hybridized carbons (Fsp3) is 0.391. The fourth-order valence-corrected chi connectivity index (χ4v) is 5.46. The number of aromatic carboxylic acids is 1. The van der Waals surface area contributed by atoms with Gasteiger partial charge in [-0.05, 0) is 38.5 Å². The average molecular weight is 483 g/mol. The Morgan fingerprint density at radius 3 is 2.88 bits per heavy atom. The van der Waals surface area contributed by atoms with Crippen molar-refractivity contribution >= 4 is 45.5 Å². The minimum atomic E-state index is -1.07. The first-order chi connectivity index (χ1) is 16.2. The van der Waals surface area contributed by atoms with Crippen molar-refractivity contribution in [3.63, 3.8) is 0 Å². The molecule has 2 aliphatic heterocycles. The Bertz CT molecular complexity index is 1310. The highest BCUT2D eigenvalue weighted by molar-refractivity contribution is 7.17. The Labute approximate surface area is 200 Å². The van der Waals surface area contributed by atoms with Crippen molar-refractivity contribution < 1.29 is 19.4 Å². The number of carboxylic acids is 1. The van der Waals surface area contributed by atoms with Crippen LogP contribution in [0.15, 0.2) is 18.2 Å². The summed E-state index contributed by atoms with van der Waals surface area (Å²) in [5.41, 5.74) is 2.86. The van der Waals surface area contributed by atoms with Crippen LogP contribution in [0.25, 0.3) is 0 Å². The summed E-state index contributed by atoms with van der Waals surface area (Å²) in [6.07, 6.45) is 1.30. The van der Waals surface area contributed by atoms with Crippen LogP contribution in [0.2, 0.25) is 0 Å². The van der Waals surface area contributed by atoms with Gasteiger partial charge in [-0.2, -0.15) is 0 Å². The summed E-state index contributed by atoms with van der Waals surface area (Å²) < 4.78 is 7.46. The van der Waals surface area contributed by atoms with E-state index in [1.165, 1.54) is 11.3 Å². The summed E-state index contributed by atoms with van der Waals surface area (Å²) in [5, 5.41) is 16.5. The normalized spacial score (nSPS) is 16.4. The van der Waals surface area contributed by atoms with E-state index in [0.717, 1.165) is 33.6 Å². The van der Waals surface area contributed by atoms with Crippen molar-refractivity contribution in [2.24, 2.45) is 7.05 Å². The molecular formula is C23H26N6O4S. The highest BCUT2D eigenvalue weighted by Gasteiger charge is 2.35. The van der Waals surface area contributed by atoms with E-state index >= 15 is 0 Å². The number of amides is 1. The van der Waals surface area contributed by atoms with Crippen LogP contribution in [0, 0.1) is 0 Å². The first-order valence-electron chi connectivity index (χ1n) is 11.1. The van der Waals surface area contributed by atoms with Crippen LogP contribution in [0.1, 0.15) is 52.4 Å². The van der Waals surface area contributed by atoms with E-state index in [1.807, 2.05) is 39.0 Å². The molecule has 0 aliphatic carbocycles. The zero-order valence-corrected chi connectivity index (χ0v) is 20.2. The van der Waals surface area contributed by atoms with Gasteiger partial charge in [-0.1, -0.05) is 18.3 Å². The van der Waals surface area contributed by atoms with E-state index in [0.29, 0.717) is 36.7 Å². The van der Waals surface area contributed by atoms with Gasteiger partial charge in [-0.15, -0.1) is 0 Å². The number of ether oxygens (including phenoxy) is 1. The maximum Gasteiger partial charge on any atom is 0.372 e. The maximum atomic E-state index is 12.6. The van der Waals surface area contributed by atoms with Crippen LogP contribution in [0.5, 0.6) is 5.75 Å². The minimum absolute atomic E-state index is 0.0168. The lowest BCUT2D eigenvalue weighted by Crippen LogP contribution is -2.48. The summed E-state index contributed by atoms with van der Waals surface area (Å²) in [4.78, 5) is 35.9. The predicted octanol–water partition coefficient (Wildman–Crippen LogP) is 3.48. The molecule has 1 amide bonds. The Morgan fingerprint density at radius 1 is 1.35 bits per heavy atom. The number of fused-ring (bicyclic) bond motifs is 2. The molecule has 1 aromatic carbocycles. The lowest BCUT2D eigenvalue weighted by Gasteiger charge is -2.29. The third kappa shape index (κ3) is 3.75. The van der Waals surface area contributed by atoms with Crippen LogP contribution >= 0.6 is 11.3 Å². The number of rotatable bonds is 5. The van der Waals surface area contributed by atoms with E-state index in [4.69, 9.17) is 9.72 Å². The Balaban J connectivity index is 1.49. The molecule has 10 nitrogen and oxygen atoms in total. The van der Waals surface area contributed by atoms with E-state index in [-0.39, 0.29) is 17.3 Å². The topological polar surface area (TPSA) is 122 Å². The van der Waals surface area contributed by atoms with Gasteiger partial charge in [0.2, 0.25) is 5.82 Å². The molecular weight excluding hydrogens is 456 g/mol. The number of imidazole rings is 1. The van der Waals surface area contributed by atoms with E-state index in [1.54, 1.807) is 11.6 Å². The molecule has 0 saturated heterocycles. The van der Waals surface area contributed by atoms with Gasteiger partial charge in [-0.3, -0.25) is 4.79 Å². The Morgan fingerprint density at radius 2 is 2.15 bits per heavy atom. The average Bonchev–Trinajstić information content (AvgIpc) is 3.33. The molecule has 34 heavy (non-hydrogen) atoms. The van der Waals surface area contributed by atoms with Crippen LogP contribution in [-0.2, 0) is 19.9 Å². The van der Waals surface area contributed by atoms with Crippen LogP contribution < -0.4 is 20.3 Å². The molecule has 0 unspecified atom stereocenters. The van der Waals surface area contributed by atoms with Crippen molar-refractivity contribution in [3.05, 3.63) is 40.3 Å². The molecule has 0 bridgehead atoms. The number of hydrogen-bond donors (Lipinski definition) is 3. The van der Waals surface area contributed by atoms with Gasteiger partial charge in [0, 0.05) is 24.7 Å². The molecule has 0 fully saturated rings. The van der Waals surface area contributed by atoms with Crippen molar-refractivity contribution in [1.82, 2.24) is 19.9 Å². The predicted molar refractivity (Wildman–Crippen MR) is 129 cm³/mol. The van der Waals surface area contributed by atoms with Gasteiger partial charge in [0.1, 0.15) is 17.2 Å². The van der Waals surface area contributed by atoms with E-state index in [2.05, 4.69) is 20.5 Å². The van der Waals surface area contributed by atoms with Crippen molar-refractivity contribution in [2.45, 2.75) is 39.2 Å². The first kappa shape index (κ1) is 22.2. The third-order valence-corrected chi connectivity index (χ3v) is 7.13. The smallest absolute Gasteiger partial charge is 0.372 e. The molecule has 4 heterocycles. The Hall–Kier alpha value is -3.60. The van der Waals surface area contributed by atoms with Crippen molar-refractivity contribution in [2.75, 3.05) is 23.4 Å². The molecule has 178 valence electrons. The number of benzene rings is 1. The molecule has 11 heteroatoms. The SMILES string of the molecule is CCc1c(Nc2ccc3c(c2)N(c2nc4c(s2)C(=O)NC(C)(C)C4)CCO3)nc(C(=O)O)n1C. The highest BCUT2D eigenvalue weighted by atomic mass is 32.1. The summed E-state index contributed by atoms with van der Waals surface area (Å²) in [6, 6.07) is 5.69.